The maximum atomic E-state index is 8.96. The van der Waals surface area contributed by atoms with Gasteiger partial charge in [-0.1, -0.05) is 13.8 Å². The largest absolute Gasteiger partial charge is 0.396 e. The highest BCUT2D eigenvalue weighted by atomic mass is 16.5. The van der Waals surface area contributed by atoms with Crippen LogP contribution >= 0.6 is 0 Å². The Morgan fingerprint density at radius 1 is 1.35 bits per heavy atom. The average Bonchev–Trinajstić information content (AvgIpc) is 2.30. The Kier molecular flexibility index (Phi) is 5.90. The number of ether oxygens (including phenoxy) is 1. The summed E-state index contributed by atoms with van der Waals surface area (Å²) in [5.41, 5.74) is 0.305. The third-order valence-corrected chi connectivity index (χ3v) is 4.52. The lowest BCUT2D eigenvalue weighted by molar-refractivity contribution is -0.139. The van der Waals surface area contributed by atoms with Crippen LogP contribution in [0.2, 0.25) is 0 Å². The van der Waals surface area contributed by atoms with Gasteiger partial charge >= 0.3 is 0 Å². The second kappa shape index (κ2) is 6.72. The Balaban J connectivity index is 2.56. The minimum atomic E-state index is 0.265. The molecule has 3 atom stereocenters. The lowest BCUT2D eigenvalue weighted by Gasteiger charge is -2.56. The highest BCUT2D eigenvalue weighted by Crippen LogP contribution is 2.49. The van der Waals surface area contributed by atoms with E-state index < -0.39 is 0 Å². The lowest BCUT2D eigenvalue weighted by atomic mass is 9.58. The van der Waals surface area contributed by atoms with Gasteiger partial charge in [0.1, 0.15) is 0 Å². The molecule has 0 heterocycles. The van der Waals surface area contributed by atoms with Crippen LogP contribution in [0.15, 0.2) is 0 Å². The number of rotatable bonds is 8. The van der Waals surface area contributed by atoms with Crippen molar-refractivity contribution in [2.45, 2.75) is 71.6 Å². The van der Waals surface area contributed by atoms with Gasteiger partial charge < -0.3 is 15.2 Å². The topological polar surface area (TPSA) is 41.5 Å². The number of hydrogen-bond donors (Lipinski definition) is 2. The highest BCUT2D eigenvalue weighted by Gasteiger charge is 2.53. The fourth-order valence-electron chi connectivity index (χ4n) is 3.24. The maximum absolute atomic E-state index is 8.96. The van der Waals surface area contributed by atoms with Crippen molar-refractivity contribution in [1.82, 2.24) is 5.32 Å². The molecule has 1 saturated carbocycles. The van der Waals surface area contributed by atoms with Gasteiger partial charge in [-0.2, -0.15) is 0 Å². The van der Waals surface area contributed by atoms with Crippen LogP contribution in [0.25, 0.3) is 0 Å². The van der Waals surface area contributed by atoms with E-state index in [-0.39, 0.29) is 6.61 Å². The van der Waals surface area contributed by atoms with Gasteiger partial charge in [0, 0.05) is 30.7 Å². The molecule has 0 aromatic carbocycles. The zero-order chi connectivity index (χ0) is 12.9. The second-order valence-corrected chi connectivity index (χ2v) is 5.25. The van der Waals surface area contributed by atoms with Crippen LogP contribution in [0.1, 0.15) is 53.4 Å². The van der Waals surface area contributed by atoms with Crippen LogP contribution in [0.4, 0.5) is 0 Å². The van der Waals surface area contributed by atoms with E-state index in [0.717, 1.165) is 32.3 Å². The Morgan fingerprint density at radius 3 is 2.47 bits per heavy atom. The van der Waals surface area contributed by atoms with Crippen molar-refractivity contribution in [3.05, 3.63) is 0 Å². The van der Waals surface area contributed by atoms with Gasteiger partial charge in [-0.05, 0) is 39.5 Å². The average molecular weight is 243 g/mol. The minimum absolute atomic E-state index is 0.265. The third-order valence-electron chi connectivity index (χ3n) is 4.52. The summed E-state index contributed by atoms with van der Waals surface area (Å²) >= 11 is 0. The van der Waals surface area contributed by atoms with Gasteiger partial charge in [0.25, 0.3) is 0 Å². The zero-order valence-electron chi connectivity index (χ0n) is 11.8. The van der Waals surface area contributed by atoms with E-state index in [1.54, 1.807) is 0 Å². The zero-order valence-corrected chi connectivity index (χ0v) is 11.8. The number of hydrogen-bond acceptors (Lipinski definition) is 3. The molecule has 0 bridgehead atoms. The van der Waals surface area contributed by atoms with E-state index in [1.165, 1.54) is 0 Å². The van der Waals surface area contributed by atoms with Crippen LogP contribution in [0.3, 0.4) is 0 Å². The van der Waals surface area contributed by atoms with Crippen molar-refractivity contribution in [1.29, 1.82) is 0 Å². The molecule has 0 spiro atoms. The summed E-state index contributed by atoms with van der Waals surface area (Å²) in [6.07, 6.45) is 4.70. The summed E-state index contributed by atoms with van der Waals surface area (Å²) in [6, 6.07) is 0.945. The molecule has 1 fully saturated rings. The van der Waals surface area contributed by atoms with Crippen molar-refractivity contribution < 1.29 is 9.84 Å². The molecule has 0 radical (unpaired) electrons. The van der Waals surface area contributed by atoms with Crippen LogP contribution in [-0.2, 0) is 4.74 Å². The summed E-state index contributed by atoms with van der Waals surface area (Å²) in [6.45, 7) is 9.83. The molecule has 3 heteroatoms. The summed E-state index contributed by atoms with van der Waals surface area (Å²) < 4.78 is 5.86. The van der Waals surface area contributed by atoms with Crippen LogP contribution < -0.4 is 5.32 Å². The van der Waals surface area contributed by atoms with E-state index >= 15 is 0 Å². The molecule has 0 aromatic heterocycles. The van der Waals surface area contributed by atoms with E-state index in [9.17, 15) is 0 Å². The third kappa shape index (κ3) is 3.01. The van der Waals surface area contributed by atoms with E-state index in [1.807, 2.05) is 0 Å². The van der Waals surface area contributed by atoms with Crippen LogP contribution in [-0.4, -0.2) is 36.5 Å². The quantitative estimate of drug-likeness (QED) is 0.687. The summed E-state index contributed by atoms with van der Waals surface area (Å²) in [7, 11) is 0. The molecule has 0 aliphatic heterocycles. The maximum Gasteiger partial charge on any atom is 0.0660 e. The standard InChI is InChI=1S/C14H29NO2/c1-5-14(6-2)12(10-13(14)17-7-3)15-11(4)8-9-16/h11-13,15-16H,5-10H2,1-4H3. The van der Waals surface area contributed by atoms with Crippen molar-refractivity contribution in [2.75, 3.05) is 13.2 Å². The highest BCUT2D eigenvalue weighted by molar-refractivity contribution is 5.07. The van der Waals surface area contributed by atoms with Gasteiger partial charge in [-0.25, -0.2) is 0 Å². The van der Waals surface area contributed by atoms with E-state index in [2.05, 4.69) is 33.0 Å². The molecular weight excluding hydrogens is 214 g/mol. The normalized spacial score (nSPS) is 28.8. The Morgan fingerprint density at radius 2 is 2.00 bits per heavy atom. The van der Waals surface area contributed by atoms with Crippen molar-refractivity contribution >= 4 is 0 Å². The minimum Gasteiger partial charge on any atom is -0.396 e. The van der Waals surface area contributed by atoms with E-state index in [0.29, 0.717) is 23.6 Å². The molecule has 2 N–H and O–H groups in total. The Hall–Kier alpha value is -0.120. The summed E-state index contributed by atoms with van der Waals surface area (Å²) in [5, 5.41) is 12.6. The summed E-state index contributed by atoms with van der Waals surface area (Å²) in [4.78, 5) is 0. The molecule has 1 aliphatic rings. The first-order chi connectivity index (χ1) is 8.14. The summed E-state index contributed by atoms with van der Waals surface area (Å²) in [5.74, 6) is 0. The molecule has 3 unspecified atom stereocenters. The van der Waals surface area contributed by atoms with Gasteiger partial charge in [0.05, 0.1) is 6.10 Å². The molecule has 0 saturated heterocycles. The predicted molar refractivity (Wildman–Crippen MR) is 71.1 cm³/mol. The van der Waals surface area contributed by atoms with Gasteiger partial charge in [-0.3, -0.25) is 0 Å². The first-order valence-corrected chi connectivity index (χ1v) is 7.13. The molecule has 3 nitrogen and oxygen atoms in total. The van der Waals surface area contributed by atoms with Crippen LogP contribution in [0.5, 0.6) is 0 Å². The first-order valence-electron chi connectivity index (χ1n) is 7.13. The Labute approximate surface area is 106 Å². The SMILES string of the molecule is CCOC1CC(NC(C)CCO)C1(CC)CC. The monoisotopic (exact) mass is 243 g/mol. The number of aliphatic hydroxyl groups is 1. The number of aliphatic hydroxyl groups excluding tert-OH is 1. The smallest absolute Gasteiger partial charge is 0.0660 e. The molecular formula is C14H29NO2. The molecule has 1 aliphatic carbocycles. The van der Waals surface area contributed by atoms with Crippen LogP contribution in [0, 0.1) is 5.41 Å². The molecule has 1 rings (SSSR count). The van der Waals surface area contributed by atoms with Crippen molar-refractivity contribution in [3.8, 4) is 0 Å². The molecule has 0 amide bonds. The van der Waals surface area contributed by atoms with Gasteiger partial charge in [0.15, 0.2) is 0 Å². The fraction of sp³-hybridized carbons (Fsp3) is 1.00. The Bertz CT molecular complexity index is 216. The lowest BCUT2D eigenvalue weighted by Crippen LogP contribution is -2.64. The van der Waals surface area contributed by atoms with Crippen molar-refractivity contribution in [3.63, 3.8) is 0 Å². The first kappa shape index (κ1) is 14.9. The molecule has 0 aromatic rings. The fourth-order valence-corrected chi connectivity index (χ4v) is 3.24. The van der Waals surface area contributed by atoms with Crippen molar-refractivity contribution in [2.24, 2.45) is 5.41 Å². The predicted octanol–water partition coefficient (Wildman–Crippen LogP) is 2.33. The van der Waals surface area contributed by atoms with Gasteiger partial charge in [-0.15, -0.1) is 0 Å². The molecule has 102 valence electrons. The second-order valence-electron chi connectivity index (χ2n) is 5.25. The number of nitrogens with one attached hydrogen (secondary N) is 1. The van der Waals surface area contributed by atoms with Gasteiger partial charge in [0.2, 0.25) is 0 Å². The van der Waals surface area contributed by atoms with E-state index in [4.69, 9.17) is 9.84 Å². The molecule has 17 heavy (non-hydrogen) atoms.